The highest BCUT2D eigenvalue weighted by Gasteiger charge is 2.32. The fourth-order valence-corrected chi connectivity index (χ4v) is 11.2. The summed E-state index contributed by atoms with van der Waals surface area (Å²) < 4.78 is 63.6. The molecule has 0 fully saturated rings. The molecule has 98 heavy (non-hydrogen) atoms. The first-order chi connectivity index (χ1) is 47.9. The van der Waals surface area contributed by atoms with Gasteiger partial charge < -0.3 is 67.3 Å². The summed E-state index contributed by atoms with van der Waals surface area (Å²) in [4.78, 5) is 73.9. The van der Waals surface area contributed by atoms with Crippen LogP contribution >= 0.6 is 0 Å². The smallest absolute Gasteiger partial charge is 0.199 e. The van der Waals surface area contributed by atoms with E-state index in [-0.39, 0.29) is 58.5 Å². The van der Waals surface area contributed by atoms with Crippen LogP contribution in [0.1, 0.15) is 197 Å². The van der Waals surface area contributed by atoms with Gasteiger partial charge >= 0.3 is 0 Å². The van der Waals surface area contributed by atoms with Gasteiger partial charge in [-0.15, -0.1) is 0 Å². The van der Waals surface area contributed by atoms with Crippen LogP contribution in [0.2, 0.25) is 0 Å². The van der Waals surface area contributed by atoms with Gasteiger partial charge in [0, 0.05) is 116 Å². The van der Waals surface area contributed by atoms with Crippen molar-refractivity contribution in [3.63, 3.8) is 0 Å². The number of aromatic amines is 4. The van der Waals surface area contributed by atoms with Gasteiger partial charge in [-0.05, 0) is 137 Å². The molecule has 4 N–H and O–H groups in total. The summed E-state index contributed by atoms with van der Waals surface area (Å²) in [6.45, 7) is 23.7. The minimum Gasteiger partial charge on any atom is -0.494 e. The molecule has 18 nitrogen and oxygen atoms in total. The normalized spacial score (nSPS) is 11.1. The van der Waals surface area contributed by atoms with E-state index in [1.165, 1.54) is 0 Å². The third-order valence-electron chi connectivity index (χ3n) is 15.9. The topological polar surface area (TPSA) is 224 Å². The number of carbonyl (C=O) groups is 4. The van der Waals surface area contributed by atoms with Gasteiger partial charge in [-0.25, -0.2) is 0 Å². The lowest BCUT2D eigenvalue weighted by molar-refractivity contribution is 0.102. The molecule has 0 amide bonds. The summed E-state index contributed by atoms with van der Waals surface area (Å²) in [5.74, 6) is 2.85. The number of aromatic nitrogens is 4. The zero-order valence-corrected chi connectivity index (χ0v) is 58.4. The second-order valence-corrected chi connectivity index (χ2v) is 23.8. The lowest BCUT2D eigenvalue weighted by atomic mass is 9.91. The molecule has 0 atom stereocenters. The lowest BCUT2D eigenvalue weighted by Crippen LogP contribution is -2.12. The summed E-state index contributed by atoms with van der Waals surface area (Å²) in [6.07, 6.45) is 20.7. The standard InChI is InChI=1S/C80H94N4O14/c1-11-25-89-51-21-23-69(91-27-13-3)57(35-51)77(85)65-47-81-43-61(65)53-37-73(95-31-17-7)55(39-71(53)93-29-15-5)63-45-83-49-67(63)79(87)59-41-76(98-34-20-10)60(42-75(59)97-33-19-9)80(88)68-50-84-46-64(68)56-40-72(94-30-16-6)54(38-74(56)96-32-18-8)62-44-82-48-66(62)78(86)58-36-52(90-26-12-2)22-24-70(58)92-28-14-4/h21-24,35-50,81-84H,11-20,25-34H2,1-10H3. The van der Waals surface area contributed by atoms with Crippen molar-refractivity contribution in [2.75, 3.05) is 66.1 Å². The van der Waals surface area contributed by atoms with Crippen molar-refractivity contribution in [3.05, 3.63) is 167 Å². The average Bonchev–Trinajstić information content (AvgIpc) is 1.41. The molecule has 0 aliphatic heterocycles. The number of nitrogens with one attached hydrogen (secondary N) is 4. The van der Waals surface area contributed by atoms with E-state index in [2.05, 4.69) is 19.9 Å². The number of hydrogen-bond acceptors (Lipinski definition) is 14. The number of carbonyl (C=O) groups excluding carboxylic acids is 4. The highest BCUT2D eigenvalue weighted by atomic mass is 16.5. The second kappa shape index (κ2) is 35.8. The number of H-pyrrole nitrogens is 4. The van der Waals surface area contributed by atoms with Crippen LogP contribution in [0.15, 0.2) is 122 Å². The number of rotatable bonds is 42. The Balaban J connectivity index is 1.12. The van der Waals surface area contributed by atoms with Gasteiger partial charge in [-0.2, -0.15) is 0 Å². The maximum atomic E-state index is 15.7. The molecule has 0 saturated carbocycles. The molecule has 0 unspecified atom stereocenters. The Kier molecular flexibility index (Phi) is 26.3. The van der Waals surface area contributed by atoms with Crippen molar-refractivity contribution in [2.45, 2.75) is 133 Å². The lowest BCUT2D eigenvalue weighted by Gasteiger charge is -2.20. The zero-order valence-electron chi connectivity index (χ0n) is 58.4. The van der Waals surface area contributed by atoms with Crippen molar-refractivity contribution in [2.24, 2.45) is 0 Å². The first-order valence-electron chi connectivity index (χ1n) is 34.9. The van der Waals surface area contributed by atoms with E-state index in [1.54, 1.807) is 86.0 Å². The zero-order chi connectivity index (χ0) is 69.5. The molecule has 0 aliphatic rings. The molecule has 4 heterocycles. The van der Waals surface area contributed by atoms with Crippen LogP contribution < -0.4 is 47.4 Å². The van der Waals surface area contributed by atoms with E-state index in [1.807, 2.05) is 106 Å². The molecule has 518 valence electrons. The van der Waals surface area contributed by atoms with Crippen LogP contribution in [0.4, 0.5) is 0 Å². The van der Waals surface area contributed by atoms with Crippen LogP contribution in [0.3, 0.4) is 0 Å². The highest BCUT2D eigenvalue weighted by Crippen LogP contribution is 2.48. The molecule has 0 radical (unpaired) electrons. The molecule has 5 aromatic carbocycles. The van der Waals surface area contributed by atoms with Crippen LogP contribution in [0.5, 0.6) is 57.5 Å². The van der Waals surface area contributed by atoms with Crippen molar-refractivity contribution >= 4 is 23.1 Å². The third-order valence-corrected chi connectivity index (χ3v) is 15.9. The molecule has 0 bridgehead atoms. The summed E-state index contributed by atoms with van der Waals surface area (Å²) >= 11 is 0. The van der Waals surface area contributed by atoms with E-state index in [0.717, 1.165) is 25.7 Å². The predicted molar refractivity (Wildman–Crippen MR) is 383 cm³/mol. The highest BCUT2D eigenvalue weighted by molar-refractivity contribution is 6.19. The number of hydrogen-bond donors (Lipinski definition) is 4. The van der Waals surface area contributed by atoms with Crippen LogP contribution in [-0.2, 0) is 0 Å². The fraction of sp³-hybridized carbons (Fsp3) is 0.375. The first kappa shape index (κ1) is 72.2. The average molecular weight is 1340 g/mol. The van der Waals surface area contributed by atoms with Crippen molar-refractivity contribution in [3.8, 4) is 102 Å². The monoisotopic (exact) mass is 1330 g/mol. The van der Waals surface area contributed by atoms with E-state index in [4.69, 9.17) is 47.4 Å². The van der Waals surface area contributed by atoms with Crippen molar-refractivity contribution in [1.82, 2.24) is 19.9 Å². The Morgan fingerprint density at radius 1 is 0.224 bits per heavy atom. The van der Waals surface area contributed by atoms with E-state index < -0.39 is 11.6 Å². The Labute approximate surface area is 575 Å². The van der Waals surface area contributed by atoms with Gasteiger partial charge in [-0.3, -0.25) is 19.2 Å². The maximum absolute atomic E-state index is 15.7. The Bertz CT molecular complexity index is 3880. The van der Waals surface area contributed by atoms with Gasteiger partial charge in [0.05, 0.1) is 88.3 Å². The van der Waals surface area contributed by atoms with Gasteiger partial charge in [-0.1, -0.05) is 69.2 Å². The molecule has 9 aromatic rings. The Hall–Kier alpha value is -10.1. The minimum absolute atomic E-state index is 0.168. The first-order valence-corrected chi connectivity index (χ1v) is 34.9. The molecule has 18 heteroatoms. The van der Waals surface area contributed by atoms with Gasteiger partial charge in [0.1, 0.15) is 57.5 Å². The summed E-state index contributed by atoms with van der Waals surface area (Å²) in [5, 5.41) is 0. The van der Waals surface area contributed by atoms with Gasteiger partial charge in [0.15, 0.2) is 23.1 Å². The summed E-state index contributed by atoms with van der Waals surface area (Å²) in [5.41, 5.74) is 6.91. The molecule has 9 rings (SSSR count). The predicted octanol–water partition coefficient (Wildman–Crippen LogP) is 18.5. The Morgan fingerprint density at radius 2 is 0.439 bits per heavy atom. The third kappa shape index (κ3) is 16.8. The Morgan fingerprint density at radius 3 is 0.684 bits per heavy atom. The van der Waals surface area contributed by atoms with Crippen LogP contribution in [-0.4, -0.2) is 109 Å². The number of ketones is 4. The molecule has 0 spiro atoms. The molecule has 0 aliphatic carbocycles. The summed E-state index contributed by atoms with van der Waals surface area (Å²) in [7, 11) is 0. The molecular weight excluding hydrogens is 1240 g/mol. The second-order valence-electron chi connectivity index (χ2n) is 23.8. The fourth-order valence-electron chi connectivity index (χ4n) is 11.2. The van der Waals surface area contributed by atoms with Crippen molar-refractivity contribution < 1.29 is 66.5 Å². The molecule has 4 aromatic heterocycles. The van der Waals surface area contributed by atoms with E-state index in [9.17, 15) is 9.59 Å². The largest absolute Gasteiger partial charge is 0.494 e. The van der Waals surface area contributed by atoms with Crippen LogP contribution in [0, 0.1) is 0 Å². The SMILES string of the molecule is CCCOc1ccc(OCCC)c(C(=O)c2c[nH]cc2-c2cc(OCCC)c(-c3c[nH]cc3C(=O)c3cc(OCCC)c(C(=O)c4c[nH]cc4-c4cc(OCCC)c(-c5c[nH]cc5C(=O)c5cc(OCCC)ccc5OCCC)cc4OCCC)cc3OCCC)cc2OCCC)c1. The molecule has 0 saturated heterocycles. The van der Waals surface area contributed by atoms with Crippen LogP contribution in [0.25, 0.3) is 44.5 Å². The van der Waals surface area contributed by atoms with Gasteiger partial charge in [0.2, 0.25) is 0 Å². The number of ether oxygens (including phenoxy) is 10. The summed E-state index contributed by atoms with van der Waals surface area (Å²) in [6, 6.07) is 21.3. The van der Waals surface area contributed by atoms with Crippen molar-refractivity contribution in [1.29, 1.82) is 0 Å². The molecular formula is C80H94N4O14. The van der Waals surface area contributed by atoms with Gasteiger partial charge in [0.25, 0.3) is 0 Å². The van der Waals surface area contributed by atoms with E-state index >= 15 is 9.59 Å². The van der Waals surface area contributed by atoms with E-state index in [0.29, 0.717) is 204 Å². The minimum atomic E-state index is -0.411. The number of benzene rings is 5. The quantitative estimate of drug-likeness (QED) is 0.0261. The maximum Gasteiger partial charge on any atom is 0.199 e.